The molecule has 1 aromatic rings. The van der Waals surface area contributed by atoms with Gasteiger partial charge in [-0.05, 0) is 19.5 Å². The first-order chi connectivity index (χ1) is 10.9. The molecule has 1 unspecified atom stereocenters. The van der Waals surface area contributed by atoms with Gasteiger partial charge in [0.15, 0.2) is 0 Å². The molecule has 1 amide bonds. The largest absolute Gasteiger partial charge is 0.480 e. The highest BCUT2D eigenvalue weighted by molar-refractivity contribution is 7.10. The van der Waals surface area contributed by atoms with Crippen molar-refractivity contribution in [2.75, 3.05) is 39.8 Å². The highest BCUT2D eigenvalue weighted by Gasteiger charge is 2.25. The van der Waals surface area contributed by atoms with Gasteiger partial charge in [0, 0.05) is 36.3 Å². The van der Waals surface area contributed by atoms with Gasteiger partial charge in [-0.2, -0.15) is 0 Å². The standard InChI is InChI=1S/C15H21ClN2O4S/c1-17(9-15(20)21)7-12-8-18(4-5-22-12)14(19)3-2-13-6-11(16)10-23-13/h6,10,12H,2-5,7-9H2,1H3,(H,20,21). The third kappa shape index (κ3) is 6.10. The lowest BCUT2D eigenvalue weighted by atomic mass is 10.2. The Labute approximate surface area is 144 Å². The number of amides is 1. The summed E-state index contributed by atoms with van der Waals surface area (Å²) in [5.41, 5.74) is 0. The molecule has 0 bridgehead atoms. The number of hydrogen-bond acceptors (Lipinski definition) is 5. The molecular weight excluding hydrogens is 340 g/mol. The van der Waals surface area contributed by atoms with Gasteiger partial charge in [-0.25, -0.2) is 0 Å². The second-order valence-electron chi connectivity index (χ2n) is 5.65. The molecule has 0 spiro atoms. The molecule has 1 saturated heterocycles. The van der Waals surface area contributed by atoms with E-state index in [1.54, 1.807) is 28.2 Å². The normalized spacial score (nSPS) is 18.4. The summed E-state index contributed by atoms with van der Waals surface area (Å²) in [4.78, 5) is 27.6. The lowest BCUT2D eigenvalue weighted by molar-refractivity contribution is -0.142. The lowest BCUT2D eigenvalue weighted by Gasteiger charge is -2.34. The van der Waals surface area contributed by atoms with Crippen LogP contribution in [0, 0.1) is 0 Å². The predicted molar refractivity (Wildman–Crippen MR) is 89.1 cm³/mol. The van der Waals surface area contributed by atoms with Crippen LogP contribution in [0.4, 0.5) is 0 Å². The number of thiophene rings is 1. The number of nitrogens with zero attached hydrogens (tertiary/aromatic N) is 2. The molecule has 6 nitrogen and oxygen atoms in total. The van der Waals surface area contributed by atoms with E-state index in [4.69, 9.17) is 21.4 Å². The molecule has 0 aromatic carbocycles. The monoisotopic (exact) mass is 360 g/mol. The molecule has 1 atom stereocenters. The van der Waals surface area contributed by atoms with Gasteiger partial charge in [0.25, 0.3) is 0 Å². The first kappa shape index (κ1) is 18.2. The van der Waals surface area contributed by atoms with Gasteiger partial charge in [0.1, 0.15) is 0 Å². The molecule has 0 radical (unpaired) electrons. The number of hydrogen-bond donors (Lipinski definition) is 1. The smallest absolute Gasteiger partial charge is 0.317 e. The number of carbonyl (C=O) groups is 2. The van der Waals surface area contributed by atoms with E-state index in [0.717, 1.165) is 4.88 Å². The van der Waals surface area contributed by atoms with Crippen LogP contribution < -0.4 is 0 Å². The minimum Gasteiger partial charge on any atom is -0.480 e. The van der Waals surface area contributed by atoms with Crippen LogP contribution in [-0.2, 0) is 20.7 Å². The average Bonchev–Trinajstić information content (AvgIpc) is 2.89. The summed E-state index contributed by atoms with van der Waals surface area (Å²) in [5, 5.41) is 11.4. The maximum Gasteiger partial charge on any atom is 0.317 e. The quantitative estimate of drug-likeness (QED) is 0.799. The molecule has 1 aliphatic heterocycles. The summed E-state index contributed by atoms with van der Waals surface area (Å²) in [7, 11) is 1.73. The Balaban J connectivity index is 1.78. The Hall–Kier alpha value is -1.15. The number of carbonyl (C=O) groups excluding carboxylic acids is 1. The molecule has 1 fully saturated rings. The van der Waals surface area contributed by atoms with Crippen LogP contribution in [-0.4, -0.2) is 72.7 Å². The van der Waals surface area contributed by atoms with Gasteiger partial charge in [0.2, 0.25) is 5.91 Å². The zero-order valence-corrected chi connectivity index (χ0v) is 14.6. The van der Waals surface area contributed by atoms with E-state index in [9.17, 15) is 9.59 Å². The fourth-order valence-electron chi connectivity index (χ4n) is 2.57. The van der Waals surface area contributed by atoms with Crippen molar-refractivity contribution in [3.05, 3.63) is 21.3 Å². The number of carboxylic acids is 1. The predicted octanol–water partition coefficient (Wildman–Crippen LogP) is 1.58. The highest BCUT2D eigenvalue weighted by Crippen LogP contribution is 2.21. The summed E-state index contributed by atoms with van der Waals surface area (Å²) in [6.45, 7) is 2.04. The lowest BCUT2D eigenvalue weighted by Crippen LogP contribution is -2.49. The Kier molecular flexibility index (Phi) is 6.83. The average molecular weight is 361 g/mol. The Bertz CT molecular complexity index is 551. The SMILES string of the molecule is CN(CC(=O)O)CC1CN(C(=O)CCc2cc(Cl)cs2)CCO1. The van der Waals surface area contributed by atoms with E-state index < -0.39 is 5.97 Å². The third-order valence-electron chi connectivity index (χ3n) is 3.62. The molecule has 0 aliphatic carbocycles. The maximum atomic E-state index is 12.3. The van der Waals surface area contributed by atoms with E-state index in [1.807, 2.05) is 11.4 Å². The molecule has 0 saturated carbocycles. The van der Waals surface area contributed by atoms with E-state index in [2.05, 4.69) is 0 Å². The molecule has 1 aliphatic rings. The van der Waals surface area contributed by atoms with Crippen LogP contribution in [0.1, 0.15) is 11.3 Å². The van der Waals surface area contributed by atoms with Crippen molar-refractivity contribution >= 4 is 34.8 Å². The maximum absolute atomic E-state index is 12.3. The van der Waals surface area contributed by atoms with Crippen molar-refractivity contribution in [2.24, 2.45) is 0 Å². The molecule has 2 rings (SSSR count). The van der Waals surface area contributed by atoms with Gasteiger partial charge < -0.3 is 14.7 Å². The fourth-order valence-corrected chi connectivity index (χ4v) is 3.65. The topological polar surface area (TPSA) is 70.1 Å². The summed E-state index contributed by atoms with van der Waals surface area (Å²) in [6, 6.07) is 1.89. The third-order valence-corrected chi connectivity index (χ3v) is 4.96. The highest BCUT2D eigenvalue weighted by atomic mass is 35.5. The van der Waals surface area contributed by atoms with Crippen molar-refractivity contribution in [1.29, 1.82) is 0 Å². The zero-order valence-electron chi connectivity index (χ0n) is 13.0. The first-order valence-electron chi connectivity index (χ1n) is 7.46. The van der Waals surface area contributed by atoms with Crippen molar-refractivity contribution in [1.82, 2.24) is 9.80 Å². The van der Waals surface area contributed by atoms with Crippen LogP contribution in [0.25, 0.3) is 0 Å². The number of rotatable bonds is 7. The Morgan fingerprint density at radius 1 is 1.57 bits per heavy atom. The van der Waals surface area contributed by atoms with Gasteiger partial charge in [-0.15, -0.1) is 11.3 Å². The Morgan fingerprint density at radius 2 is 2.35 bits per heavy atom. The minimum atomic E-state index is -0.870. The summed E-state index contributed by atoms with van der Waals surface area (Å²) >= 11 is 7.44. The number of halogens is 1. The van der Waals surface area contributed by atoms with Crippen LogP contribution in [0.2, 0.25) is 5.02 Å². The van der Waals surface area contributed by atoms with Crippen LogP contribution in [0.5, 0.6) is 0 Å². The number of carboxylic acid groups (broad SMARTS) is 1. The van der Waals surface area contributed by atoms with Gasteiger partial charge in [0.05, 0.1) is 24.3 Å². The van der Waals surface area contributed by atoms with Crippen LogP contribution in [0.3, 0.4) is 0 Å². The number of morpholine rings is 1. The number of aryl methyl sites for hydroxylation is 1. The Morgan fingerprint density at radius 3 is 3.00 bits per heavy atom. The molecule has 8 heteroatoms. The number of likely N-dealkylation sites (N-methyl/N-ethyl adjacent to an activating group) is 1. The van der Waals surface area contributed by atoms with E-state index in [-0.39, 0.29) is 18.6 Å². The zero-order chi connectivity index (χ0) is 16.8. The first-order valence-corrected chi connectivity index (χ1v) is 8.72. The molecule has 128 valence electrons. The van der Waals surface area contributed by atoms with Crippen molar-refractivity contribution < 1.29 is 19.4 Å². The molecular formula is C15H21ClN2O4S. The second kappa shape index (κ2) is 8.63. The van der Waals surface area contributed by atoms with E-state index >= 15 is 0 Å². The second-order valence-corrected chi connectivity index (χ2v) is 7.09. The number of aliphatic carboxylic acids is 1. The van der Waals surface area contributed by atoms with Crippen molar-refractivity contribution in [3.63, 3.8) is 0 Å². The van der Waals surface area contributed by atoms with E-state index in [0.29, 0.717) is 44.1 Å². The van der Waals surface area contributed by atoms with Crippen molar-refractivity contribution in [3.8, 4) is 0 Å². The summed E-state index contributed by atoms with van der Waals surface area (Å²) < 4.78 is 5.63. The van der Waals surface area contributed by atoms with Crippen molar-refractivity contribution in [2.45, 2.75) is 18.9 Å². The molecule has 1 aromatic heterocycles. The molecule has 23 heavy (non-hydrogen) atoms. The molecule has 1 N–H and O–H groups in total. The fraction of sp³-hybridized carbons (Fsp3) is 0.600. The molecule has 2 heterocycles. The number of ether oxygens (including phenoxy) is 1. The summed E-state index contributed by atoms with van der Waals surface area (Å²) in [6.07, 6.45) is 0.999. The van der Waals surface area contributed by atoms with Gasteiger partial charge in [-0.1, -0.05) is 11.6 Å². The van der Waals surface area contributed by atoms with Crippen LogP contribution >= 0.6 is 22.9 Å². The van der Waals surface area contributed by atoms with E-state index in [1.165, 1.54) is 0 Å². The van der Waals surface area contributed by atoms with Gasteiger partial charge >= 0.3 is 5.97 Å². The van der Waals surface area contributed by atoms with Gasteiger partial charge in [-0.3, -0.25) is 14.5 Å². The van der Waals surface area contributed by atoms with Crippen LogP contribution in [0.15, 0.2) is 11.4 Å². The summed E-state index contributed by atoms with van der Waals surface area (Å²) in [5.74, 6) is -0.769. The minimum absolute atomic E-state index is 0.0348.